The van der Waals surface area contributed by atoms with Crippen molar-refractivity contribution in [2.45, 2.75) is 0 Å². The minimum Gasteiger partial charge on any atom is -0.353 e. The minimum absolute atomic E-state index is 1.33. The van der Waals surface area contributed by atoms with E-state index in [-0.39, 0.29) is 0 Å². The van der Waals surface area contributed by atoms with Crippen molar-refractivity contribution in [3.05, 3.63) is 0 Å². The van der Waals surface area contributed by atoms with E-state index in [9.17, 15) is 0 Å². The van der Waals surface area contributed by atoms with Crippen LogP contribution in [0, 0.1) is 0 Å². The Balaban J connectivity index is 3.82. The second kappa shape index (κ2) is 3.93. The van der Waals surface area contributed by atoms with E-state index in [0.29, 0.717) is 0 Å². The molecule has 0 fully saturated rings. The second-order valence-electron chi connectivity index (χ2n) is 1.20. The third-order valence-electron chi connectivity index (χ3n) is 0.862. The Bertz CT molecular complexity index is 55.1. The average Bonchev–Trinajstić information content (AvgIpc) is 1.95. The molecule has 6 heteroatoms. The molecule has 0 atom stereocenters. The van der Waals surface area contributed by atoms with Gasteiger partial charge in [0, 0.05) is 21.3 Å². The number of rotatable bonds is 4. The van der Waals surface area contributed by atoms with Crippen molar-refractivity contribution < 1.29 is 23.1 Å². The SMILES string of the molecule is CO[Si](OC)(OC)OO. The van der Waals surface area contributed by atoms with Gasteiger partial charge in [0.15, 0.2) is 0 Å². The predicted molar refractivity (Wildman–Crippen MR) is 30.5 cm³/mol. The molecule has 0 aromatic carbocycles. The van der Waals surface area contributed by atoms with E-state index in [1.807, 2.05) is 0 Å². The van der Waals surface area contributed by atoms with Crippen molar-refractivity contribution in [3.8, 4) is 0 Å². The number of hydrogen-bond acceptors (Lipinski definition) is 5. The molecule has 0 aromatic rings. The van der Waals surface area contributed by atoms with Gasteiger partial charge in [0.25, 0.3) is 0 Å². The van der Waals surface area contributed by atoms with Gasteiger partial charge in [-0.25, -0.2) is 0 Å². The fourth-order valence-electron chi connectivity index (χ4n) is 0.362. The molecule has 0 rings (SSSR count). The van der Waals surface area contributed by atoms with Crippen LogP contribution >= 0.6 is 0 Å². The maximum Gasteiger partial charge on any atom is 0.706 e. The molecule has 0 radical (unpaired) electrons. The van der Waals surface area contributed by atoms with E-state index >= 15 is 0 Å². The molecular formula is C3H10O5Si. The van der Waals surface area contributed by atoms with Gasteiger partial charge in [-0.1, -0.05) is 0 Å². The van der Waals surface area contributed by atoms with E-state index < -0.39 is 9.05 Å². The molecule has 9 heavy (non-hydrogen) atoms. The van der Waals surface area contributed by atoms with Crippen LogP contribution in [0.3, 0.4) is 0 Å². The molecular weight excluding hydrogens is 144 g/mol. The van der Waals surface area contributed by atoms with Gasteiger partial charge in [-0.3, -0.25) is 5.26 Å². The summed E-state index contributed by atoms with van der Waals surface area (Å²) in [4.78, 5) is 0. The first kappa shape index (κ1) is 9.02. The highest BCUT2D eigenvalue weighted by atomic mass is 28.4. The Morgan fingerprint density at radius 2 is 1.33 bits per heavy atom. The average molecular weight is 154 g/mol. The second-order valence-corrected chi connectivity index (χ2v) is 3.61. The summed E-state index contributed by atoms with van der Waals surface area (Å²) in [6, 6.07) is 0. The molecule has 0 amide bonds. The first-order valence-corrected chi connectivity index (χ1v) is 3.86. The fourth-order valence-corrected chi connectivity index (χ4v) is 1.09. The van der Waals surface area contributed by atoms with Crippen LogP contribution in [-0.2, 0) is 17.9 Å². The zero-order chi connectivity index (χ0) is 7.33. The molecule has 0 saturated heterocycles. The summed E-state index contributed by atoms with van der Waals surface area (Å²) in [6.45, 7) is 0. The molecule has 56 valence electrons. The smallest absolute Gasteiger partial charge is 0.353 e. The number of hydrogen-bond donors (Lipinski definition) is 1. The van der Waals surface area contributed by atoms with E-state index in [1.165, 1.54) is 21.3 Å². The molecule has 0 bridgehead atoms. The lowest BCUT2D eigenvalue weighted by Crippen LogP contribution is -2.45. The third-order valence-corrected chi connectivity index (χ3v) is 2.59. The maximum absolute atomic E-state index is 8.16. The van der Waals surface area contributed by atoms with Crippen molar-refractivity contribution >= 4 is 9.05 Å². The van der Waals surface area contributed by atoms with Crippen molar-refractivity contribution in [1.29, 1.82) is 0 Å². The van der Waals surface area contributed by atoms with Crippen LogP contribution in [0.25, 0.3) is 0 Å². The molecule has 0 saturated carbocycles. The van der Waals surface area contributed by atoms with Gasteiger partial charge < -0.3 is 13.3 Å². The summed E-state index contributed by atoms with van der Waals surface area (Å²) in [6.07, 6.45) is 0. The lowest BCUT2D eigenvalue weighted by Gasteiger charge is -2.17. The standard InChI is InChI=1S/C3H10O5Si/c1-5-9(6-2,7-3)8-4/h4H,1-3H3. The summed E-state index contributed by atoms with van der Waals surface area (Å²) in [5.41, 5.74) is 0. The van der Waals surface area contributed by atoms with Crippen LogP contribution in [-0.4, -0.2) is 35.6 Å². The molecule has 0 aliphatic rings. The predicted octanol–water partition coefficient (Wildman–Crippen LogP) is -0.149. The lowest BCUT2D eigenvalue weighted by atomic mass is 11.8. The molecule has 0 aromatic heterocycles. The van der Waals surface area contributed by atoms with Crippen LogP contribution in [0.5, 0.6) is 0 Å². The summed E-state index contributed by atoms with van der Waals surface area (Å²) in [7, 11) is 0.851. The molecule has 0 spiro atoms. The van der Waals surface area contributed by atoms with Crippen molar-refractivity contribution in [2.24, 2.45) is 0 Å². The molecule has 0 aliphatic heterocycles. The molecule has 0 unspecified atom stereocenters. The van der Waals surface area contributed by atoms with Gasteiger partial charge in [0.05, 0.1) is 0 Å². The van der Waals surface area contributed by atoms with Crippen LogP contribution in [0.1, 0.15) is 0 Å². The van der Waals surface area contributed by atoms with Crippen LogP contribution in [0.4, 0.5) is 0 Å². The van der Waals surface area contributed by atoms with Gasteiger partial charge in [-0.2, -0.15) is 4.58 Å². The summed E-state index contributed by atoms with van der Waals surface area (Å²) >= 11 is 0. The first-order valence-electron chi connectivity index (χ1n) is 2.22. The Labute approximate surface area is 54.5 Å². The van der Waals surface area contributed by atoms with E-state index in [0.717, 1.165) is 0 Å². The Morgan fingerprint density at radius 1 is 1.00 bits per heavy atom. The van der Waals surface area contributed by atoms with Crippen molar-refractivity contribution in [2.75, 3.05) is 21.3 Å². The van der Waals surface area contributed by atoms with Gasteiger partial charge >= 0.3 is 9.05 Å². The van der Waals surface area contributed by atoms with E-state index in [2.05, 4.69) is 17.9 Å². The van der Waals surface area contributed by atoms with Crippen LogP contribution in [0.15, 0.2) is 0 Å². The largest absolute Gasteiger partial charge is 0.706 e. The normalized spacial score (nSPS) is 12.0. The first-order chi connectivity index (χ1) is 4.24. The summed E-state index contributed by atoms with van der Waals surface area (Å²) < 4.78 is 17.7. The van der Waals surface area contributed by atoms with Crippen molar-refractivity contribution in [1.82, 2.24) is 0 Å². The zero-order valence-corrected chi connectivity index (χ0v) is 6.58. The van der Waals surface area contributed by atoms with Crippen LogP contribution < -0.4 is 0 Å². The van der Waals surface area contributed by atoms with E-state index in [4.69, 9.17) is 5.26 Å². The van der Waals surface area contributed by atoms with Crippen molar-refractivity contribution in [3.63, 3.8) is 0 Å². The van der Waals surface area contributed by atoms with Gasteiger partial charge in [-0.15, -0.1) is 0 Å². The molecule has 1 N–H and O–H groups in total. The Morgan fingerprint density at radius 3 is 1.33 bits per heavy atom. The highest BCUT2D eigenvalue weighted by Crippen LogP contribution is 2.04. The zero-order valence-electron chi connectivity index (χ0n) is 5.58. The minimum atomic E-state index is -3.14. The Kier molecular flexibility index (Phi) is 3.94. The monoisotopic (exact) mass is 154 g/mol. The van der Waals surface area contributed by atoms with E-state index in [1.54, 1.807) is 0 Å². The highest BCUT2D eigenvalue weighted by molar-refractivity contribution is 6.52. The molecule has 0 heterocycles. The highest BCUT2D eigenvalue weighted by Gasteiger charge is 2.43. The topological polar surface area (TPSA) is 57.2 Å². The maximum atomic E-state index is 8.16. The molecule has 0 aliphatic carbocycles. The fraction of sp³-hybridized carbons (Fsp3) is 1.00. The Hall–Kier alpha value is 0.0169. The van der Waals surface area contributed by atoms with Crippen LogP contribution in [0.2, 0.25) is 0 Å². The van der Waals surface area contributed by atoms with Gasteiger partial charge in [0.1, 0.15) is 0 Å². The van der Waals surface area contributed by atoms with Gasteiger partial charge in [0.2, 0.25) is 0 Å². The summed E-state index contributed by atoms with van der Waals surface area (Å²) in [5.74, 6) is 0. The van der Waals surface area contributed by atoms with Gasteiger partial charge in [-0.05, 0) is 0 Å². The lowest BCUT2D eigenvalue weighted by molar-refractivity contribution is -0.220. The molecule has 5 nitrogen and oxygen atoms in total. The quantitative estimate of drug-likeness (QED) is 0.347. The third kappa shape index (κ3) is 2.01. The summed E-state index contributed by atoms with van der Waals surface area (Å²) in [5, 5.41) is 8.16.